The maximum atomic E-state index is 10.7. The molecule has 0 aliphatic heterocycles. The van der Waals surface area contributed by atoms with E-state index in [1.54, 1.807) is 23.5 Å². The number of non-ortho nitro benzene ring substituents is 1. The Labute approximate surface area is 160 Å². The molecule has 0 fully saturated rings. The van der Waals surface area contributed by atoms with E-state index in [2.05, 4.69) is 49.4 Å². The highest BCUT2D eigenvalue weighted by Gasteiger charge is 2.06. The molecule has 0 amide bonds. The molecular weight excluding hydrogens is 356 g/mol. The van der Waals surface area contributed by atoms with Gasteiger partial charge in [-0.3, -0.25) is 10.1 Å². The lowest BCUT2D eigenvalue weighted by molar-refractivity contribution is -0.384. The summed E-state index contributed by atoms with van der Waals surface area (Å²) in [6.45, 7) is 2.09. The topological polar surface area (TPSA) is 56.0 Å². The predicted octanol–water partition coefficient (Wildman–Crippen LogP) is 6.35. The van der Waals surface area contributed by atoms with Crippen molar-refractivity contribution in [2.45, 2.75) is 6.92 Å². The molecule has 0 radical (unpaired) electrons. The molecule has 0 aliphatic rings. The van der Waals surface area contributed by atoms with Crippen molar-refractivity contribution in [2.75, 3.05) is 0 Å². The van der Waals surface area contributed by atoms with Crippen LogP contribution in [0.2, 0.25) is 0 Å². The van der Waals surface area contributed by atoms with Crippen LogP contribution in [0, 0.1) is 17.0 Å². The van der Waals surface area contributed by atoms with E-state index in [0.29, 0.717) is 0 Å². The Morgan fingerprint density at radius 2 is 1.56 bits per heavy atom. The number of rotatable bonds is 4. The van der Waals surface area contributed by atoms with Gasteiger partial charge in [-0.25, -0.2) is 4.98 Å². The first kappa shape index (κ1) is 17.1. The standard InChI is InChI=1S/C22H16N2O2S/c1-15-2-13-20-21(14-15)27-22(23-20)18-9-5-16(6-10-18)3-4-17-7-11-19(12-8-17)24(25)26/h2-14H,1H3/b4-3+. The second-order valence-electron chi connectivity index (χ2n) is 6.29. The van der Waals surface area contributed by atoms with Crippen LogP contribution in [0.25, 0.3) is 32.9 Å². The lowest BCUT2D eigenvalue weighted by Gasteiger charge is -1.98. The van der Waals surface area contributed by atoms with Crippen molar-refractivity contribution in [1.29, 1.82) is 0 Å². The molecule has 27 heavy (non-hydrogen) atoms. The Kier molecular flexibility index (Phi) is 4.52. The third-order valence-electron chi connectivity index (χ3n) is 4.27. The zero-order valence-electron chi connectivity index (χ0n) is 14.6. The molecule has 4 nitrogen and oxygen atoms in total. The summed E-state index contributed by atoms with van der Waals surface area (Å²) >= 11 is 1.70. The highest BCUT2D eigenvalue weighted by Crippen LogP contribution is 2.31. The summed E-state index contributed by atoms with van der Waals surface area (Å²) in [6.07, 6.45) is 3.94. The first-order chi connectivity index (χ1) is 13.1. The van der Waals surface area contributed by atoms with Gasteiger partial charge < -0.3 is 0 Å². The fourth-order valence-electron chi connectivity index (χ4n) is 2.79. The third-order valence-corrected chi connectivity index (χ3v) is 5.34. The summed E-state index contributed by atoms with van der Waals surface area (Å²) in [5.74, 6) is 0. The van der Waals surface area contributed by atoms with Gasteiger partial charge in [0.2, 0.25) is 0 Å². The van der Waals surface area contributed by atoms with Crippen LogP contribution >= 0.6 is 11.3 Å². The Balaban J connectivity index is 1.53. The first-order valence-corrected chi connectivity index (χ1v) is 9.30. The normalized spacial score (nSPS) is 11.3. The second-order valence-corrected chi connectivity index (χ2v) is 7.32. The van der Waals surface area contributed by atoms with Crippen molar-refractivity contribution in [3.63, 3.8) is 0 Å². The van der Waals surface area contributed by atoms with E-state index in [4.69, 9.17) is 4.98 Å². The summed E-state index contributed by atoms with van der Waals surface area (Å²) in [5.41, 5.74) is 5.45. The minimum absolute atomic E-state index is 0.0996. The van der Waals surface area contributed by atoms with Crippen molar-refractivity contribution in [3.05, 3.63) is 93.5 Å². The van der Waals surface area contributed by atoms with Crippen molar-refractivity contribution < 1.29 is 4.92 Å². The number of nitro groups is 1. The molecule has 0 bridgehead atoms. The Hall–Kier alpha value is -3.31. The van der Waals surface area contributed by atoms with Crippen LogP contribution in [0.3, 0.4) is 0 Å². The number of thiazole rings is 1. The van der Waals surface area contributed by atoms with E-state index in [1.807, 2.05) is 12.2 Å². The second kappa shape index (κ2) is 7.13. The SMILES string of the molecule is Cc1ccc2nc(-c3ccc(/C=C/c4ccc([N+](=O)[O-])cc4)cc3)sc2c1. The van der Waals surface area contributed by atoms with Crippen LogP contribution in [0.15, 0.2) is 66.7 Å². The van der Waals surface area contributed by atoms with Crippen LogP contribution < -0.4 is 0 Å². The number of aromatic nitrogens is 1. The van der Waals surface area contributed by atoms with Gasteiger partial charge in [-0.1, -0.05) is 42.5 Å². The van der Waals surface area contributed by atoms with E-state index >= 15 is 0 Å². The number of hydrogen-bond donors (Lipinski definition) is 0. The Morgan fingerprint density at radius 1 is 0.926 bits per heavy atom. The van der Waals surface area contributed by atoms with Gasteiger partial charge in [-0.15, -0.1) is 11.3 Å². The third kappa shape index (κ3) is 3.78. The minimum Gasteiger partial charge on any atom is -0.258 e. The molecule has 1 aromatic heterocycles. The molecule has 0 N–H and O–H groups in total. The largest absolute Gasteiger partial charge is 0.269 e. The molecule has 3 aromatic carbocycles. The Bertz CT molecular complexity index is 1140. The zero-order valence-corrected chi connectivity index (χ0v) is 15.4. The Morgan fingerprint density at radius 3 is 2.19 bits per heavy atom. The molecule has 0 spiro atoms. The molecule has 4 rings (SSSR count). The van der Waals surface area contributed by atoms with Gasteiger partial charge in [-0.2, -0.15) is 0 Å². The molecule has 5 heteroatoms. The van der Waals surface area contributed by atoms with Crippen molar-refractivity contribution in [1.82, 2.24) is 4.98 Å². The summed E-state index contributed by atoms with van der Waals surface area (Å²) < 4.78 is 1.20. The van der Waals surface area contributed by atoms with Gasteiger partial charge in [0.25, 0.3) is 5.69 Å². The van der Waals surface area contributed by atoms with Crippen molar-refractivity contribution >= 4 is 39.4 Å². The predicted molar refractivity (Wildman–Crippen MR) is 112 cm³/mol. The molecule has 1 heterocycles. The highest BCUT2D eigenvalue weighted by atomic mass is 32.1. The molecule has 0 unspecified atom stereocenters. The van der Waals surface area contributed by atoms with Gasteiger partial charge in [0.05, 0.1) is 15.1 Å². The molecule has 0 saturated carbocycles. The van der Waals surface area contributed by atoms with Crippen molar-refractivity contribution in [3.8, 4) is 10.6 Å². The highest BCUT2D eigenvalue weighted by molar-refractivity contribution is 7.21. The quantitative estimate of drug-likeness (QED) is 0.238. The van der Waals surface area contributed by atoms with E-state index in [-0.39, 0.29) is 5.69 Å². The summed E-state index contributed by atoms with van der Waals surface area (Å²) in [5, 5.41) is 11.7. The zero-order chi connectivity index (χ0) is 18.8. The maximum absolute atomic E-state index is 10.7. The van der Waals surface area contributed by atoms with Crippen LogP contribution in [-0.4, -0.2) is 9.91 Å². The molecule has 0 aliphatic carbocycles. The molecule has 132 valence electrons. The fourth-order valence-corrected chi connectivity index (χ4v) is 3.86. The van der Waals surface area contributed by atoms with Gasteiger partial charge in [0.15, 0.2) is 0 Å². The number of nitro benzene ring substituents is 1. The van der Waals surface area contributed by atoms with E-state index in [1.165, 1.54) is 22.4 Å². The molecule has 4 aromatic rings. The van der Waals surface area contributed by atoms with Gasteiger partial charge in [-0.05, 0) is 47.9 Å². The number of aryl methyl sites for hydroxylation is 1. The number of benzene rings is 3. The number of nitrogens with zero attached hydrogens (tertiary/aromatic N) is 2. The lowest BCUT2D eigenvalue weighted by atomic mass is 10.1. The fraction of sp³-hybridized carbons (Fsp3) is 0.0455. The van der Waals surface area contributed by atoms with Crippen LogP contribution in [0.5, 0.6) is 0 Å². The van der Waals surface area contributed by atoms with E-state index in [9.17, 15) is 10.1 Å². The number of hydrogen-bond acceptors (Lipinski definition) is 4. The molecule has 0 atom stereocenters. The van der Waals surface area contributed by atoms with E-state index in [0.717, 1.165) is 27.2 Å². The van der Waals surface area contributed by atoms with E-state index < -0.39 is 4.92 Å². The minimum atomic E-state index is -0.393. The average molecular weight is 372 g/mol. The molecular formula is C22H16N2O2S. The number of fused-ring (bicyclic) bond motifs is 1. The monoisotopic (exact) mass is 372 g/mol. The smallest absolute Gasteiger partial charge is 0.258 e. The van der Waals surface area contributed by atoms with Crippen LogP contribution in [0.1, 0.15) is 16.7 Å². The summed E-state index contributed by atoms with van der Waals surface area (Å²) in [4.78, 5) is 15.0. The summed E-state index contributed by atoms with van der Waals surface area (Å²) in [6, 6.07) is 21.1. The first-order valence-electron chi connectivity index (χ1n) is 8.49. The summed E-state index contributed by atoms with van der Waals surface area (Å²) in [7, 11) is 0. The van der Waals surface area contributed by atoms with Crippen molar-refractivity contribution in [2.24, 2.45) is 0 Å². The van der Waals surface area contributed by atoms with Gasteiger partial charge >= 0.3 is 0 Å². The van der Waals surface area contributed by atoms with Crippen LogP contribution in [-0.2, 0) is 0 Å². The van der Waals surface area contributed by atoms with Gasteiger partial charge in [0, 0.05) is 17.7 Å². The maximum Gasteiger partial charge on any atom is 0.269 e. The lowest BCUT2D eigenvalue weighted by Crippen LogP contribution is -1.86. The average Bonchev–Trinajstić information content (AvgIpc) is 3.10. The molecule has 0 saturated heterocycles. The van der Waals surface area contributed by atoms with Crippen LogP contribution in [0.4, 0.5) is 5.69 Å². The van der Waals surface area contributed by atoms with Gasteiger partial charge in [0.1, 0.15) is 5.01 Å².